The van der Waals surface area contributed by atoms with E-state index in [0.29, 0.717) is 0 Å². The number of hydrogen-bond donors (Lipinski definition) is 2. The molecule has 3 N–H and O–H groups in total. The van der Waals surface area contributed by atoms with Crippen molar-refractivity contribution in [3.63, 3.8) is 0 Å². The standard InChI is InChI=1S/C12H14BrN3OS/c1-7-3-10(18-12(7)13)11(16-14)8-4-9(17-2)6-15-5-8/h3-6,11,16H,14H2,1-2H3. The monoisotopic (exact) mass is 327 g/mol. The fourth-order valence-electron chi connectivity index (χ4n) is 1.67. The molecule has 0 aliphatic carbocycles. The fraction of sp³-hybridized carbons (Fsp3) is 0.250. The van der Waals surface area contributed by atoms with E-state index in [4.69, 9.17) is 10.6 Å². The van der Waals surface area contributed by atoms with Crippen LogP contribution in [0.4, 0.5) is 0 Å². The van der Waals surface area contributed by atoms with Crippen LogP contribution in [0.15, 0.2) is 28.3 Å². The molecule has 2 aromatic rings. The Bertz CT molecular complexity index is 524. The van der Waals surface area contributed by atoms with Gasteiger partial charge < -0.3 is 4.74 Å². The van der Waals surface area contributed by atoms with E-state index < -0.39 is 0 Å². The second kappa shape index (κ2) is 5.79. The highest BCUT2D eigenvalue weighted by Crippen LogP contribution is 2.34. The zero-order valence-electron chi connectivity index (χ0n) is 10.1. The lowest BCUT2D eigenvalue weighted by molar-refractivity contribution is 0.411. The first-order chi connectivity index (χ1) is 8.65. The molecule has 6 heteroatoms. The van der Waals surface area contributed by atoms with Crippen molar-refractivity contribution in [1.82, 2.24) is 10.4 Å². The average Bonchev–Trinajstić information content (AvgIpc) is 2.70. The smallest absolute Gasteiger partial charge is 0.137 e. The van der Waals surface area contributed by atoms with Crippen LogP contribution >= 0.6 is 27.3 Å². The third-order valence-electron chi connectivity index (χ3n) is 2.63. The van der Waals surface area contributed by atoms with Crippen LogP contribution in [0.3, 0.4) is 0 Å². The Morgan fingerprint density at radius 2 is 2.22 bits per heavy atom. The highest BCUT2D eigenvalue weighted by Gasteiger charge is 2.17. The third kappa shape index (κ3) is 2.72. The average molecular weight is 328 g/mol. The lowest BCUT2D eigenvalue weighted by Crippen LogP contribution is -2.28. The Balaban J connectivity index is 2.38. The summed E-state index contributed by atoms with van der Waals surface area (Å²) in [7, 11) is 1.62. The van der Waals surface area contributed by atoms with Crippen LogP contribution in [0.1, 0.15) is 22.0 Å². The zero-order valence-corrected chi connectivity index (χ0v) is 12.5. The summed E-state index contributed by atoms with van der Waals surface area (Å²) in [6.45, 7) is 2.06. The largest absolute Gasteiger partial charge is 0.495 e. The number of hydrogen-bond acceptors (Lipinski definition) is 5. The van der Waals surface area contributed by atoms with E-state index in [1.54, 1.807) is 30.8 Å². The summed E-state index contributed by atoms with van der Waals surface area (Å²) in [5.74, 6) is 6.38. The van der Waals surface area contributed by atoms with Gasteiger partial charge in [-0.15, -0.1) is 11.3 Å². The van der Waals surface area contributed by atoms with Crippen LogP contribution < -0.4 is 16.0 Å². The van der Waals surface area contributed by atoms with Crippen molar-refractivity contribution >= 4 is 27.3 Å². The van der Waals surface area contributed by atoms with Crippen molar-refractivity contribution in [2.24, 2.45) is 5.84 Å². The second-order valence-electron chi connectivity index (χ2n) is 3.86. The molecule has 2 heterocycles. The maximum absolute atomic E-state index is 5.66. The van der Waals surface area contributed by atoms with Crippen molar-refractivity contribution in [3.8, 4) is 5.75 Å². The lowest BCUT2D eigenvalue weighted by Gasteiger charge is -2.14. The maximum atomic E-state index is 5.66. The number of ether oxygens (including phenoxy) is 1. The van der Waals surface area contributed by atoms with Gasteiger partial charge in [-0.05, 0) is 46.1 Å². The van der Waals surface area contributed by atoms with Crippen LogP contribution in [-0.2, 0) is 0 Å². The molecule has 0 amide bonds. The highest BCUT2D eigenvalue weighted by molar-refractivity contribution is 9.11. The summed E-state index contributed by atoms with van der Waals surface area (Å²) in [4.78, 5) is 5.29. The number of aryl methyl sites for hydroxylation is 1. The molecular formula is C12H14BrN3OS. The topological polar surface area (TPSA) is 60.2 Å². The van der Waals surface area contributed by atoms with Crippen LogP contribution in [0.5, 0.6) is 5.75 Å². The molecule has 2 aromatic heterocycles. The van der Waals surface area contributed by atoms with Gasteiger partial charge in [0.05, 0.1) is 23.1 Å². The number of aromatic nitrogens is 1. The van der Waals surface area contributed by atoms with Crippen LogP contribution in [0.2, 0.25) is 0 Å². The van der Waals surface area contributed by atoms with Gasteiger partial charge in [0.25, 0.3) is 0 Å². The number of pyridine rings is 1. The number of nitrogens with one attached hydrogen (secondary N) is 1. The summed E-state index contributed by atoms with van der Waals surface area (Å²) >= 11 is 5.18. The predicted octanol–water partition coefficient (Wildman–Crippen LogP) is 2.78. The minimum Gasteiger partial charge on any atom is -0.495 e. The Labute approximate surface area is 118 Å². The van der Waals surface area contributed by atoms with Crippen molar-refractivity contribution in [2.45, 2.75) is 13.0 Å². The Morgan fingerprint density at radius 1 is 1.44 bits per heavy atom. The van der Waals surface area contributed by atoms with E-state index in [1.165, 1.54) is 5.56 Å². The predicted molar refractivity (Wildman–Crippen MR) is 76.7 cm³/mol. The maximum Gasteiger partial charge on any atom is 0.137 e. The molecule has 0 aromatic carbocycles. The Kier molecular flexibility index (Phi) is 4.34. The van der Waals surface area contributed by atoms with Crippen LogP contribution in [-0.4, -0.2) is 12.1 Å². The number of nitrogens with two attached hydrogens (primary N) is 1. The van der Waals surface area contributed by atoms with Crippen molar-refractivity contribution in [1.29, 1.82) is 0 Å². The van der Waals surface area contributed by atoms with E-state index in [0.717, 1.165) is 20.0 Å². The van der Waals surface area contributed by atoms with Crippen LogP contribution in [0.25, 0.3) is 0 Å². The van der Waals surface area contributed by atoms with Gasteiger partial charge in [0.15, 0.2) is 0 Å². The summed E-state index contributed by atoms with van der Waals surface area (Å²) in [5, 5.41) is 0. The minimum atomic E-state index is -0.0809. The first-order valence-corrected chi connectivity index (χ1v) is 6.97. The quantitative estimate of drug-likeness (QED) is 0.669. The summed E-state index contributed by atoms with van der Waals surface area (Å²) in [5.41, 5.74) is 5.00. The SMILES string of the molecule is COc1cncc(C(NN)c2cc(C)c(Br)s2)c1. The molecule has 2 rings (SSSR count). The summed E-state index contributed by atoms with van der Waals surface area (Å²) in [6.07, 6.45) is 3.46. The molecule has 1 atom stereocenters. The first-order valence-electron chi connectivity index (χ1n) is 5.36. The lowest BCUT2D eigenvalue weighted by atomic mass is 10.1. The fourth-order valence-corrected chi connectivity index (χ4v) is 3.33. The number of hydrazine groups is 1. The molecule has 4 nitrogen and oxygen atoms in total. The molecule has 96 valence electrons. The molecule has 0 fully saturated rings. The molecule has 0 bridgehead atoms. The van der Waals surface area contributed by atoms with Gasteiger partial charge in [-0.1, -0.05) is 0 Å². The number of rotatable bonds is 4. The van der Waals surface area contributed by atoms with E-state index in [-0.39, 0.29) is 6.04 Å². The summed E-state index contributed by atoms with van der Waals surface area (Å²) < 4.78 is 6.30. The van der Waals surface area contributed by atoms with E-state index >= 15 is 0 Å². The van der Waals surface area contributed by atoms with Gasteiger partial charge >= 0.3 is 0 Å². The molecule has 0 saturated carbocycles. The van der Waals surface area contributed by atoms with Crippen molar-refractivity contribution < 1.29 is 4.74 Å². The molecule has 0 saturated heterocycles. The zero-order chi connectivity index (χ0) is 13.1. The molecule has 0 spiro atoms. The number of thiophene rings is 1. The molecule has 0 radical (unpaired) electrons. The molecule has 1 unspecified atom stereocenters. The molecular weight excluding hydrogens is 314 g/mol. The normalized spacial score (nSPS) is 12.4. The van der Waals surface area contributed by atoms with Crippen LogP contribution in [0, 0.1) is 6.92 Å². The van der Waals surface area contributed by atoms with Crippen molar-refractivity contribution in [3.05, 3.63) is 44.3 Å². The summed E-state index contributed by atoms with van der Waals surface area (Å²) in [6, 6.07) is 3.96. The number of methoxy groups -OCH3 is 1. The molecule has 0 aliphatic rings. The number of nitrogens with zero attached hydrogens (tertiary/aromatic N) is 1. The minimum absolute atomic E-state index is 0.0809. The van der Waals surface area contributed by atoms with Gasteiger partial charge in [0.1, 0.15) is 5.75 Å². The van der Waals surface area contributed by atoms with Crippen molar-refractivity contribution in [2.75, 3.05) is 7.11 Å². The highest BCUT2D eigenvalue weighted by atomic mass is 79.9. The van der Waals surface area contributed by atoms with Gasteiger partial charge in [0, 0.05) is 11.1 Å². The number of halogens is 1. The first kappa shape index (κ1) is 13.5. The van der Waals surface area contributed by atoms with Gasteiger partial charge in [-0.3, -0.25) is 10.8 Å². The third-order valence-corrected chi connectivity index (χ3v) is 4.83. The molecule has 18 heavy (non-hydrogen) atoms. The Morgan fingerprint density at radius 3 is 2.78 bits per heavy atom. The van der Waals surface area contributed by atoms with Gasteiger partial charge in [-0.2, -0.15) is 0 Å². The van der Waals surface area contributed by atoms with Gasteiger partial charge in [-0.25, -0.2) is 5.43 Å². The van der Waals surface area contributed by atoms with E-state index in [2.05, 4.69) is 39.3 Å². The van der Waals surface area contributed by atoms with E-state index in [9.17, 15) is 0 Å². The molecule has 0 aliphatic heterocycles. The Hall–Kier alpha value is -0.950. The van der Waals surface area contributed by atoms with Gasteiger partial charge in [0.2, 0.25) is 0 Å². The second-order valence-corrected chi connectivity index (χ2v) is 6.26. The van der Waals surface area contributed by atoms with E-state index in [1.807, 2.05) is 6.07 Å².